The van der Waals surface area contributed by atoms with Crippen molar-refractivity contribution in [1.29, 1.82) is 0 Å². The Morgan fingerprint density at radius 1 is 0.957 bits per heavy atom. The summed E-state index contributed by atoms with van der Waals surface area (Å²) in [7, 11) is 0. The Morgan fingerprint density at radius 2 is 1.74 bits per heavy atom. The Morgan fingerprint density at radius 3 is 2.43 bits per heavy atom. The van der Waals surface area contributed by atoms with Crippen LogP contribution in [0, 0.1) is 20.8 Å². The summed E-state index contributed by atoms with van der Waals surface area (Å²) >= 11 is 0. The van der Waals surface area contributed by atoms with Gasteiger partial charge in [-0.15, -0.1) is 0 Å². The third-order valence-corrected chi connectivity index (χ3v) is 3.44. The van der Waals surface area contributed by atoms with E-state index in [1.807, 2.05) is 39.0 Å². The van der Waals surface area contributed by atoms with Crippen LogP contribution in [-0.2, 0) is 4.79 Å². The number of benzene rings is 2. The Labute approximate surface area is 135 Å². The van der Waals surface area contributed by atoms with E-state index in [0.29, 0.717) is 11.3 Å². The zero-order valence-electron chi connectivity index (χ0n) is 13.5. The third-order valence-electron chi connectivity index (χ3n) is 3.44. The maximum Gasteiger partial charge on any atom is 0.276 e. The molecule has 0 bridgehead atoms. The molecule has 5 nitrogen and oxygen atoms in total. The van der Waals surface area contributed by atoms with Crippen molar-refractivity contribution < 1.29 is 14.3 Å². The first-order valence-corrected chi connectivity index (χ1v) is 7.31. The van der Waals surface area contributed by atoms with E-state index in [9.17, 15) is 9.59 Å². The van der Waals surface area contributed by atoms with Gasteiger partial charge in [0.15, 0.2) is 6.61 Å². The van der Waals surface area contributed by atoms with Gasteiger partial charge < -0.3 is 4.74 Å². The van der Waals surface area contributed by atoms with E-state index in [1.54, 1.807) is 24.3 Å². The molecule has 2 aromatic rings. The van der Waals surface area contributed by atoms with E-state index in [1.165, 1.54) is 0 Å². The normalized spacial score (nSPS) is 10.0. The van der Waals surface area contributed by atoms with Gasteiger partial charge in [0.05, 0.1) is 0 Å². The van der Waals surface area contributed by atoms with Crippen molar-refractivity contribution in [2.24, 2.45) is 0 Å². The lowest BCUT2D eigenvalue weighted by atomic mass is 10.1. The average molecular weight is 312 g/mol. The van der Waals surface area contributed by atoms with E-state index < -0.39 is 5.91 Å². The lowest BCUT2D eigenvalue weighted by molar-refractivity contribution is -0.123. The van der Waals surface area contributed by atoms with Gasteiger partial charge >= 0.3 is 0 Å². The molecule has 0 saturated carbocycles. The molecule has 0 radical (unpaired) electrons. The summed E-state index contributed by atoms with van der Waals surface area (Å²) in [6.07, 6.45) is 0. The predicted octanol–water partition coefficient (Wildman–Crippen LogP) is 2.45. The molecule has 0 atom stereocenters. The number of hydrazine groups is 1. The summed E-state index contributed by atoms with van der Waals surface area (Å²) in [4.78, 5) is 23.6. The third kappa shape index (κ3) is 4.85. The van der Waals surface area contributed by atoms with Gasteiger partial charge in [0.1, 0.15) is 5.75 Å². The fourth-order valence-corrected chi connectivity index (χ4v) is 1.97. The highest BCUT2D eigenvalue weighted by molar-refractivity contribution is 5.95. The van der Waals surface area contributed by atoms with Crippen LogP contribution in [0.2, 0.25) is 0 Å². The van der Waals surface area contributed by atoms with Gasteiger partial charge in [-0.25, -0.2) is 0 Å². The Kier molecular flexibility index (Phi) is 5.36. The number of rotatable bonds is 4. The van der Waals surface area contributed by atoms with E-state index in [2.05, 4.69) is 10.9 Å². The summed E-state index contributed by atoms with van der Waals surface area (Å²) in [6, 6.07) is 12.7. The van der Waals surface area contributed by atoms with Crippen LogP contribution >= 0.6 is 0 Å². The number of carbonyl (C=O) groups excluding carboxylic acids is 2. The van der Waals surface area contributed by atoms with Crippen LogP contribution in [0.5, 0.6) is 5.75 Å². The molecule has 2 aromatic carbocycles. The van der Waals surface area contributed by atoms with Gasteiger partial charge in [0, 0.05) is 5.56 Å². The molecule has 0 spiro atoms. The standard InChI is InChI=1S/C18H20N2O3/c1-12-5-4-6-15(9-12)18(22)20-19-17(21)11-23-16-8-7-13(2)14(3)10-16/h4-10H,11H2,1-3H3,(H,19,21)(H,20,22). The Hall–Kier alpha value is -2.82. The van der Waals surface area contributed by atoms with Gasteiger partial charge in [-0.3, -0.25) is 20.4 Å². The van der Waals surface area contributed by atoms with Crippen molar-refractivity contribution >= 4 is 11.8 Å². The second kappa shape index (κ2) is 7.45. The molecule has 0 aliphatic carbocycles. The van der Waals surface area contributed by atoms with Crippen LogP contribution in [0.4, 0.5) is 0 Å². The predicted molar refractivity (Wildman–Crippen MR) is 88.2 cm³/mol. The SMILES string of the molecule is Cc1cccc(C(=O)NNC(=O)COc2ccc(C)c(C)c2)c1. The molecule has 0 heterocycles. The molecule has 23 heavy (non-hydrogen) atoms. The minimum atomic E-state index is -0.427. The van der Waals surface area contributed by atoms with Gasteiger partial charge in [-0.05, 0) is 56.2 Å². The van der Waals surface area contributed by atoms with Gasteiger partial charge in [0.25, 0.3) is 11.8 Å². The molecule has 0 aromatic heterocycles. The molecule has 0 aliphatic rings. The second-order valence-electron chi connectivity index (χ2n) is 5.41. The van der Waals surface area contributed by atoms with Crippen molar-refractivity contribution in [3.05, 3.63) is 64.7 Å². The molecule has 2 N–H and O–H groups in total. The molecule has 0 aliphatic heterocycles. The van der Waals surface area contributed by atoms with Crippen LogP contribution in [-0.4, -0.2) is 18.4 Å². The van der Waals surface area contributed by atoms with Crippen LogP contribution in [0.1, 0.15) is 27.0 Å². The highest BCUT2D eigenvalue weighted by Crippen LogP contribution is 2.16. The average Bonchev–Trinajstić information content (AvgIpc) is 2.53. The fourth-order valence-electron chi connectivity index (χ4n) is 1.97. The molecule has 2 rings (SSSR count). The second-order valence-corrected chi connectivity index (χ2v) is 5.41. The summed E-state index contributed by atoms with van der Waals surface area (Å²) in [5.74, 6) is -0.175. The van der Waals surface area contributed by atoms with E-state index >= 15 is 0 Å². The highest BCUT2D eigenvalue weighted by Gasteiger charge is 2.08. The maximum atomic E-state index is 11.9. The first-order chi connectivity index (χ1) is 11.0. The molecular formula is C18H20N2O3. The molecule has 5 heteroatoms. The van der Waals surface area contributed by atoms with Crippen molar-refractivity contribution in [3.63, 3.8) is 0 Å². The largest absolute Gasteiger partial charge is 0.484 e. The monoisotopic (exact) mass is 312 g/mol. The Balaban J connectivity index is 1.81. The molecular weight excluding hydrogens is 292 g/mol. The first-order valence-electron chi connectivity index (χ1n) is 7.31. The number of nitrogens with one attached hydrogen (secondary N) is 2. The molecule has 0 saturated heterocycles. The smallest absolute Gasteiger partial charge is 0.276 e. The lowest BCUT2D eigenvalue weighted by Gasteiger charge is -2.10. The number of hydrogen-bond acceptors (Lipinski definition) is 3. The zero-order valence-corrected chi connectivity index (χ0v) is 13.5. The number of ether oxygens (including phenoxy) is 1. The van der Waals surface area contributed by atoms with Crippen molar-refractivity contribution in [1.82, 2.24) is 10.9 Å². The van der Waals surface area contributed by atoms with Crippen molar-refractivity contribution in [3.8, 4) is 5.75 Å². The van der Waals surface area contributed by atoms with Gasteiger partial charge in [-0.1, -0.05) is 23.8 Å². The molecule has 0 fully saturated rings. The fraction of sp³-hybridized carbons (Fsp3) is 0.222. The molecule has 0 unspecified atom stereocenters. The van der Waals surface area contributed by atoms with Gasteiger partial charge in [-0.2, -0.15) is 0 Å². The van der Waals surface area contributed by atoms with Crippen molar-refractivity contribution in [2.75, 3.05) is 6.61 Å². The molecule has 2 amide bonds. The van der Waals surface area contributed by atoms with E-state index in [-0.39, 0.29) is 12.5 Å². The zero-order chi connectivity index (χ0) is 16.8. The minimum Gasteiger partial charge on any atom is -0.484 e. The number of hydrogen-bond donors (Lipinski definition) is 2. The Bertz CT molecular complexity index is 726. The minimum absolute atomic E-state index is 0.170. The number of carbonyl (C=O) groups is 2. The van der Waals surface area contributed by atoms with E-state index in [4.69, 9.17) is 4.74 Å². The summed E-state index contributed by atoms with van der Waals surface area (Å²) in [6.45, 7) is 5.71. The van der Waals surface area contributed by atoms with Crippen molar-refractivity contribution in [2.45, 2.75) is 20.8 Å². The quantitative estimate of drug-likeness (QED) is 0.852. The van der Waals surface area contributed by atoms with Crippen LogP contribution in [0.3, 0.4) is 0 Å². The number of amides is 2. The summed E-state index contributed by atoms with van der Waals surface area (Å²) < 4.78 is 5.40. The van der Waals surface area contributed by atoms with Gasteiger partial charge in [0.2, 0.25) is 0 Å². The molecule has 120 valence electrons. The summed E-state index contributed by atoms with van der Waals surface area (Å²) in [5, 5.41) is 0. The van der Waals surface area contributed by atoms with Crippen LogP contribution < -0.4 is 15.6 Å². The van der Waals surface area contributed by atoms with Crippen LogP contribution in [0.15, 0.2) is 42.5 Å². The maximum absolute atomic E-state index is 11.9. The van der Waals surface area contributed by atoms with Crippen LogP contribution in [0.25, 0.3) is 0 Å². The summed E-state index contributed by atoms with van der Waals surface area (Å²) in [5.41, 5.74) is 8.41. The topological polar surface area (TPSA) is 67.4 Å². The van der Waals surface area contributed by atoms with E-state index in [0.717, 1.165) is 16.7 Å². The highest BCUT2D eigenvalue weighted by atomic mass is 16.5. The number of aryl methyl sites for hydroxylation is 3. The first kappa shape index (κ1) is 16.5. The lowest BCUT2D eigenvalue weighted by Crippen LogP contribution is -2.43.